The summed E-state index contributed by atoms with van der Waals surface area (Å²) in [7, 11) is 1.60. The van der Waals surface area contributed by atoms with E-state index in [-0.39, 0.29) is 5.91 Å². The first kappa shape index (κ1) is 13.0. The first-order valence-electron chi connectivity index (χ1n) is 6.57. The number of hydrogen-bond donors (Lipinski definition) is 2. The summed E-state index contributed by atoms with van der Waals surface area (Å²) in [6, 6.07) is 7.77. The minimum absolute atomic E-state index is 0.103. The highest BCUT2D eigenvalue weighted by Gasteiger charge is 2.12. The molecule has 2 heterocycles. The maximum atomic E-state index is 12.1. The van der Waals surface area contributed by atoms with Crippen molar-refractivity contribution in [1.82, 2.24) is 0 Å². The molecule has 3 rings (SSSR count). The quantitative estimate of drug-likeness (QED) is 0.910. The van der Waals surface area contributed by atoms with E-state index in [9.17, 15) is 4.79 Å². The molecule has 0 fully saturated rings. The van der Waals surface area contributed by atoms with E-state index in [1.165, 1.54) is 16.9 Å². The van der Waals surface area contributed by atoms with Crippen LogP contribution in [0.5, 0.6) is 5.75 Å². The van der Waals surface area contributed by atoms with Gasteiger partial charge in [-0.3, -0.25) is 4.79 Å². The molecular weight excluding hydrogens is 272 g/mol. The van der Waals surface area contributed by atoms with E-state index >= 15 is 0 Å². The van der Waals surface area contributed by atoms with Crippen LogP contribution in [0.1, 0.15) is 21.7 Å². The molecule has 4 nitrogen and oxygen atoms in total. The predicted octanol–water partition coefficient (Wildman–Crippen LogP) is 3.37. The van der Waals surface area contributed by atoms with Crippen LogP contribution in [-0.4, -0.2) is 19.6 Å². The molecule has 1 aliphatic heterocycles. The third-order valence-electron chi connectivity index (χ3n) is 3.34. The van der Waals surface area contributed by atoms with Gasteiger partial charge in [-0.15, -0.1) is 11.3 Å². The van der Waals surface area contributed by atoms with Gasteiger partial charge < -0.3 is 15.4 Å². The highest BCUT2D eigenvalue weighted by Crippen LogP contribution is 2.27. The van der Waals surface area contributed by atoms with Crippen LogP contribution in [0.2, 0.25) is 0 Å². The zero-order valence-corrected chi connectivity index (χ0v) is 12.0. The first-order chi connectivity index (χ1) is 9.76. The van der Waals surface area contributed by atoms with Crippen LogP contribution in [-0.2, 0) is 6.42 Å². The Hall–Kier alpha value is -2.01. The van der Waals surface area contributed by atoms with Crippen LogP contribution < -0.4 is 15.4 Å². The van der Waals surface area contributed by atoms with Gasteiger partial charge in [-0.2, -0.15) is 0 Å². The van der Waals surface area contributed by atoms with Crippen molar-refractivity contribution in [2.45, 2.75) is 12.8 Å². The monoisotopic (exact) mass is 288 g/mol. The Labute approximate surface area is 121 Å². The average molecular weight is 288 g/mol. The molecule has 2 aromatic rings. The zero-order chi connectivity index (χ0) is 13.9. The van der Waals surface area contributed by atoms with Gasteiger partial charge in [0.1, 0.15) is 5.75 Å². The smallest absolute Gasteiger partial charge is 0.265 e. The van der Waals surface area contributed by atoms with Crippen molar-refractivity contribution < 1.29 is 9.53 Å². The summed E-state index contributed by atoms with van der Waals surface area (Å²) in [6.07, 6.45) is 2.26. The number of rotatable bonds is 3. The number of ether oxygens (including phenoxy) is 1. The van der Waals surface area contributed by atoms with Gasteiger partial charge in [0.15, 0.2) is 0 Å². The van der Waals surface area contributed by atoms with Crippen LogP contribution in [0.15, 0.2) is 29.6 Å². The van der Waals surface area contributed by atoms with E-state index in [0.29, 0.717) is 10.6 Å². The van der Waals surface area contributed by atoms with Gasteiger partial charge in [-0.1, -0.05) is 6.07 Å². The van der Waals surface area contributed by atoms with Gasteiger partial charge >= 0.3 is 0 Å². The zero-order valence-electron chi connectivity index (χ0n) is 11.2. The van der Waals surface area contributed by atoms with Gasteiger partial charge in [0.05, 0.1) is 12.0 Å². The van der Waals surface area contributed by atoms with Crippen LogP contribution in [0, 0.1) is 0 Å². The van der Waals surface area contributed by atoms with Crippen molar-refractivity contribution in [1.29, 1.82) is 0 Å². The fourth-order valence-corrected chi connectivity index (χ4v) is 3.03. The van der Waals surface area contributed by atoms with E-state index in [0.717, 1.165) is 30.8 Å². The summed E-state index contributed by atoms with van der Waals surface area (Å²) in [5.41, 5.74) is 3.25. The second-order valence-electron chi connectivity index (χ2n) is 4.71. The van der Waals surface area contributed by atoms with E-state index in [1.807, 2.05) is 17.5 Å². The number of thiophene rings is 1. The Morgan fingerprint density at radius 1 is 1.40 bits per heavy atom. The number of carbonyl (C=O) groups excluding carboxylic acids is 1. The topological polar surface area (TPSA) is 50.4 Å². The third kappa shape index (κ3) is 2.63. The number of carbonyl (C=O) groups is 1. The maximum Gasteiger partial charge on any atom is 0.265 e. The third-order valence-corrected chi connectivity index (χ3v) is 4.25. The Bertz CT molecular complexity index is 637. The highest BCUT2D eigenvalue weighted by molar-refractivity contribution is 7.12. The summed E-state index contributed by atoms with van der Waals surface area (Å²) >= 11 is 1.38. The maximum absolute atomic E-state index is 12.1. The summed E-state index contributed by atoms with van der Waals surface area (Å²) in [6.45, 7) is 0.993. The largest absolute Gasteiger partial charge is 0.496 e. The summed E-state index contributed by atoms with van der Waals surface area (Å²) in [5, 5.41) is 8.10. The van der Waals surface area contributed by atoms with E-state index in [1.54, 1.807) is 13.2 Å². The molecule has 20 heavy (non-hydrogen) atoms. The standard InChI is InChI=1S/C15H16N2O2S/c1-19-12-8-14(20-9-12)15(18)17-11-5-4-10-3-2-6-16-13(10)7-11/h4-5,7-9,16H,2-3,6H2,1H3,(H,17,18). The van der Waals surface area contributed by atoms with Crippen LogP contribution in [0.3, 0.4) is 0 Å². The van der Waals surface area contributed by atoms with Crippen LogP contribution in [0.4, 0.5) is 11.4 Å². The Morgan fingerprint density at radius 2 is 2.30 bits per heavy atom. The molecular formula is C15H16N2O2S. The van der Waals surface area contributed by atoms with Crippen molar-refractivity contribution >= 4 is 28.6 Å². The van der Waals surface area contributed by atoms with Gasteiger partial charge in [0.25, 0.3) is 5.91 Å². The van der Waals surface area contributed by atoms with Gasteiger partial charge in [0, 0.05) is 29.4 Å². The Kier molecular flexibility index (Phi) is 3.60. The molecule has 0 radical (unpaired) electrons. The van der Waals surface area contributed by atoms with Crippen molar-refractivity contribution in [3.05, 3.63) is 40.1 Å². The first-order valence-corrected chi connectivity index (χ1v) is 7.45. The number of fused-ring (bicyclic) bond motifs is 1. The molecule has 0 atom stereocenters. The highest BCUT2D eigenvalue weighted by atomic mass is 32.1. The van der Waals surface area contributed by atoms with E-state index in [2.05, 4.69) is 16.7 Å². The fourth-order valence-electron chi connectivity index (χ4n) is 2.28. The number of anilines is 2. The second-order valence-corrected chi connectivity index (χ2v) is 5.62. The number of amides is 1. The van der Waals surface area contributed by atoms with Gasteiger partial charge in [0.2, 0.25) is 0 Å². The molecule has 2 N–H and O–H groups in total. The summed E-state index contributed by atoms with van der Waals surface area (Å²) in [4.78, 5) is 12.8. The summed E-state index contributed by atoms with van der Waals surface area (Å²) < 4.78 is 5.09. The molecule has 0 spiro atoms. The lowest BCUT2D eigenvalue weighted by Crippen LogP contribution is -2.14. The van der Waals surface area contributed by atoms with Crippen LogP contribution >= 0.6 is 11.3 Å². The van der Waals surface area contributed by atoms with E-state index in [4.69, 9.17) is 4.74 Å². The van der Waals surface area contributed by atoms with Crippen molar-refractivity contribution in [3.8, 4) is 5.75 Å². The lowest BCUT2D eigenvalue weighted by Gasteiger charge is -2.18. The molecule has 5 heteroatoms. The van der Waals surface area contributed by atoms with Gasteiger partial charge in [-0.25, -0.2) is 0 Å². The minimum Gasteiger partial charge on any atom is -0.496 e. The van der Waals surface area contributed by atoms with Crippen molar-refractivity contribution in [2.75, 3.05) is 24.3 Å². The molecule has 0 aliphatic carbocycles. The number of nitrogens with one attached hydrogen (secondary N) is 2. The number of benzene rings is 1. The number of hydrogen-bond acceptors (Lipinski definition) is 4. The normalized spacial score (nSPS) is 13.2. The van der Waals surface area contributed by atoms with Crippen LogP contribution in [0.25, 0.3) is 0 Å². The van der Waals surface area contributed by atoms with E-state index < -0.39 is 0 Å². The lowest BCUT2D eigenvalue weighted by molar-refractivity contribution is 0.103. The molecule has 1 aliphatic rings. The Morgan fingerprint density at radius 3 is 3.10 bits per heavy atom. The lowest BCUT2D eigenvalue weighted by atomic mass is 10.0. The molecule has 1 amide bonds. The predicted molar refractivity (Wildman–Crippen MR) is 82.1 cm³/mol. The van der Waals surface area contributed by atoms with Crippen molar-refractivity contribution in [3.63, 3.8) is 0 Å². The molecule has 1 aromatic carbocycles. The summed E-state index contributed by atoms with van der Waals surface area (Å²) in [5.74, 6) is 0.612. The molecule has 1 aromatic heterocycles. The molecule has 0 bridgehead atoms. The number of aryl methyl sites for hydroxylation is 1. The molecule has 0 unspecified atom stereocenters. The Balaban J connectivity index is 1.75. The molecule has 0 saturated carbocycles. The van der Waals surface area contributed by atoms with Crippen molar-refractivity contribution in [2.24, 2.45) is 0 Å². The fraction of sp³-hybridized carbons (Fsp3) is 0.267. The van der Waals surface area contributed by atoms with Gasteiger partial charge in [-0.05, 0) is 30.5 Å². The number of methoxy groups -OCH3 is 1. The molecule has 0 saturated heterocycles. The second kappa shape index (κ2) is 5.54. The molecule has 104 valence electrons. The average Bonchev–Trinajstić information content (AvgIpc) is 2.96. The SMILES string of the molecule is COc1csc(C(=O)Nc2ccc3c(c2)NCCC3)c1. The minimum atomic E-state index is -0.103.